The van der Waals surface area contributed by atoms with Crippen LogP contribution in [0.25, 0.3) is 0 Å². The van der Waals surface area contributed by atoms with Crippen molar-refractivity contribution in [1.29, 1.82) is 0 Å². The number of pyridine rings is 1. The van der Waals surface area contributed by atoms with Gasteiger partial charge in [0.2, 0.25) is 0 Å². The molecule has 0 bridgehead atoms. The third-order valence-electron chi connectivity index (χ3n) is 1.74. The summed E-state index contributed by atoms with van der Waals surface area (Å²) in [5.74, 6) is -0.168. The van der Waals surface area contributed by atoms with Crippen molar-refractivity contribution >= 4 is 11.8 Å². The number of hydrogen-bond acceptors (Lipinski definition) is 4. The molecule has 5 nitrogen and oxygen atoms in total. The number of carboxylic acid groups (broad SMARTS) is 1. The molecule has 76 valence electrons. The molecular formula is C9H13N3O2. The fourth-order valence-electron chi connectivity index (χ4n) is 1.05. The first-order valence-corrected chi connectivity index (χ1v) is 4.33. The Kier molecular flexibility index (Phi) is 3.87. The maximum atomic E-state index is 10.3. The largest absolute Gasteiger partial charge is 0.481 e. The molecule has 0 fully saturated rings. The van der Waals surface area contributed by atoms with Crippen molar-refractivity contribution in [2.45, 2.75) is 13.0 Å². The minimum absolute atomic E-state index is 0.0700. The zero-order valence-electron chi connectivity index (χ0n) is 7.73. The fourth-order valence-corrected chi connectivity index (χ4v) is 1.05. The van der Waals surface area contributed by atoms with E-state index in [0.29, 0.717) is 18.9 Å². The molecule has 0 atom stereocenters. The number of nitrogens with one attached hydrogen (secondary N) is 1. The smallest absolute Gasteiger partial charge is 0.305 e. The van der Waals surface area contributed by atoms with E-state index in [2.05, 4.69) is 10.3 Å². The molecule has 0 saturated heterocycles. The number of nitrogens with zero attached hydrogens (tertiary/aromatic N) is 1. The van der Waals surface area contributed by atoms with E-state index in [1.165, 1.54) is 0 Å². The molecule has 0 radical (unpaired) electrons. The van der Waals surface area contributed by atoms with Gasteiger partial charge in [0, 0.05) is 24.8 Å². The van der Waals surface area contributed by atoms with Crippen LogP contribution in [0.1, 0.15) is 12.0 Å². The van der Waals surface area contributed by atoms with Gasteiger partial charge in [-0.1, -0.05) is 6.07 Å². The van der Waals surface area contributed by atoms with Crippen molar-refractivity contribution in [2.75, 3.05) is 11.9 Å². The minimum Gasteiger partial charge on any atom is -0.481 e. The lowest BCUT2D eigenvalue weighted by Gasteiger charge is -2.07. The van der Waals surface area contributed by atoms with Crippen LogP contribution >= 0.6 is 0 Å². The van der Waals surface area contributed by atoms with E-state index >= 15 is 0 Å². The van der Waals surface area contributed by atoms with Crippen molar-refractivity contribution in [1.82, 2.24) is 4.98 Å². The van der Waals surface area contributed by atoms with Crippen LogP contribution in [0, 0.1) is 0 Å². The molecule has 0 spiro atoms. The highest BCUT2D eigenvalue weighted by Crippen LogP contribution is 2.09. The Labute approximate surface area is 82.0 Å². The number of carboxylic acids is 1. The number of anilines is 1. The van der Waals surface area contributed by atoms with Gasteiger partial charge < -0.3 is 16.2 Å². The summed E-state index contributed by atoms with van der Waals surface area (Å²) < 4.78 is 0. The molecule has 0 aliphatic carbocycles. The highest BCUT2D eigenvalue weighted by atomic mass is 16.4. The molecule has 5 heteroatoms. The standard InChI is InChI=1S/C9H13N3O2/c10-6-7-2-1-4-11-9(7)12-5-3-8(13)14/h1-2,4H,3,5-6,10H2,(H,11,12)(H,13,14). The van der Waals surface area contributed by atoms with E-state index < -0.39 is 5.97 Å². The quantitative estimate of drug-likeness (QED) is 0.634. The Morgan fingerprint density at radius 1 is 1.64 bits per heavy atom. The Balaban J connectivity index is 2.53. The topological polar surface area (TPSA) is 88.2 Å². The van der Waals surface area contributed by atoms with E-state index in [1.54, 1.807) is 12.3 Å². The van der Waals surface area contributed by atoms with Gasteiger partial charge in [-0.3, -0.25) is 4.79 Å². The van der Waals surface area contributed by atoms with Crippen LogP contribution in [0.4, 0.5) is 5.82 Å². The van der Waals surface area contributed by atoms with Gasteiger partial charge in [0.1, 0.15) is 5.82 Å². The molecule has 0 unspecified atom stereocenters. The number of rotatable bonds is 5. The molecule has 1 aromatic rings. The number of carbonyl (C=O) groups is 1. The van der Waals surface area contributed by atoms with E-state index in [1.807, 2.05) is 6.07 Å². The van der Waals surface area contributed by atoms with Gasteiger partial charge in [-0.2, -0.15) is 0 Å². The second-order valence-corrected chi connectivity index (χ2v) is 2.79. The average molecular weight is 195 g/mol. The number of hydrogen-bond donors (Lipinski definition) is 3. The van der Waals surface area contributed by atoms with Gasteiger partial charge in [0.05, 0.1) is 6.42 Å². The van der Waals surface area contributed by atoms with Gasteiger partial charge in [-0.05, 0) is 6.07 Å². The highest BCUT2D eigenvalue weighted by Gasteiger charge is 2.01. The Bertz CT molecular complexity index is 315. The van der Waals surface area contributed by atoms with Gasteiger partial charge in [0.25, 0.3) is 0 Å². The first-order chi connectivity index (χ1) is 6.74. The second kappa shape index (κ2) is 5.18. The summed E-state index contributed by atoms with van der Waals surface area (Å²) >= 11 is 0. The first kappa shape index (κ1) is 10.5. The third-order valence-corrected chi connectivity index (χ3v) is 1.74. The van der Waals surface area contributed by atoms with Gasteiger partial charge >= 0.3 is 5.97 Å². The predicted molar refractivity (Wildman–Crippen MR) is 52.9 cm³/mol. The molecule has 0 aliphatic rings. The summed E-state index contributed by atoms with van der Waals surface area (Å²) in [5, 5.41) is 11.4. The zero-order chi connectivity index (χ0) is 10.4. The van der Waals surface area contributed by atoms with Crippen molar-refractivity contribution < 1.29 is 9.90 Å². The molecule has 14 heavy (non-hydrogen) atoms. The normalized spacial score (nSPS) is 9.79. The second-order valence-electron chi connectivity index (χ2n) is 2.79. The summed E-state index contributed by atoms with van der Waals surface area (Å²) in [6, 6.07) is 3.65. The van der Waals surface area contributed by atoms with E-state index in [0.717, 1.165) is 5.56 Å². The van der Waals surface area contributed by atoms with Crippen LogP contribution in [0.15, 0.2) is 18.3 Å². The third kappa shape index (κ3) is 3.02. The van der Waals surface area contributed by atoms with Crippen LogP contribution in [0.2, 0.25) is 0 Å². The lowest BCUT2D eigenvalue weighted by molar-refractivity contribution is -0.136. The zero-order valence-corrected chi connectivity index (χ0v) is 7.73. The van der Waals surface area contributed by atoms with Crippen LogP contribution in [0.5, 0.6) is 0 Å². The van der Waals surface area contributed by atoms with Crippen molar-refractivity contribution in [3.63, 3.8) is 0 Å². The molecular weight excluding hydrogens is 182 g/mol. The molecule has 1 heterocycles. The Hall–Kier alpha value is -1.62. The van der Waals surface area contributed by atoms with Crippen molar-refractivity contribution in [3.05, 3.63) is 23.9 Å². The summed E-state index contributed by atoms with van der Waals surface area (Å²) in [6.07, 6.45) is 1.71. The van der Waals surface area contributed by atoms with E-state index in [-0.39, 0.29) is 6.42 Å². The van der Waals surface area contributed by atoms with Gasteiger partial charge in [0.15, 0.2) is 0 Å². The van der Waals surface area contributed by atoms with E-state index in [4.69, 9.17) is 10.8 Å². The van der Waals surface area contributed by atoms with Crippen LogP contribution in [0.3, 0.4) is 0 Å². The SMILES string of the molecule is NCc1cccnc1NCCC(=O)O. The lowest BCUT2D eigenvalue weighted by atomic mass is 10.2. The number of nitrogens with two attached hydrogens (primary N) is 1. The van der Waals surface area contributed by atoms with Crippen molar-refractivity contribution in [3.8, 4) is 0 Å². The van der Waals surface area contributed by atoms with Crippen molar-refractivity contribution in [2.24, 2.45) is 5.73 Å². The Morgan fingerprint density at radius 2 is 2.43 bits per heavy atom. The monoisotopic (exact) mass is 195 g/mol. The molecule has 1 aromatic heterocycles. The molecule has 0 amide bonds. The average Bonchev–Trinajstić information content (AvgIpc) is 2.18. The molecule has 1 rings (SSSR count). The number of aromatic nitrogens is 1. The predicted octanol–water partition coefficient (Wildman–Crippen LogP) is 0.427. The summed E-state index contributed by atoms with van der Waals surface area (Å²) in [6.45, 7) is 0.753. The molecule has 0 aromatic carbocycles. The molecule has 0 saturated carbocycles. The maximum Gasteiger partial charge on any atom is 0.305 e. The summed E-state index contributed by atoms with van der Waals surface area (Å²) in [5.41, 5.74) is 6.37. The van der Waals surface area contributed by atoms with Gasteiger partial charge in [-0.25, -0.2) is 4.98 Å². The molecule has 4 N–H and O–H groups in total. The fraction of sp³-hybridized carbons (Fsp3) is 0.333. The summed E-state index contributed by atoms with van der Waals surface area (Å²) in [7, 11) is 0. The van der Waals surface area contributed by atoms with Gasteiger partial charge in [-0.15, -0.1) is 0 Å². The minimum atomic E-state index is -0.831. The lowest BCUT2D eigenvalue weighted by Crippen LogP contribution is -2.11. The molecule has 0 aliphatic heterocycles. The highest BCUT2D eigenvalue weighted by molar-refractivity contribution is 5.67. The summed E-state index contributed by atoms with van der Waals surface area (Å²) in [4.78, 5) is 14.3. The van der Waals surface area contributed by atoms with Crippen LogP contribution in [-0.2, 0) is 11.3 Å². The van der Waals surface area contributed by atoms with Crippen LogP contribution in [-0.4, -0.2) is 22.6 Å². The van der Waals surface area contributed by atoms with E-state index in [9.17, 15) is 4.79 Å². The first-order valence-electron chi connectivity index (χ1n) is 4.33. The Morgan fingerprint density at radius 3 is 3.07 bits per heavy atom. The van der Waals surface area contributed by atoms with Crippen LogP contribution < -0.4 is 11.1 Å². The number of aliphatic carboxylic acids is 1. The maximum absolute atomic E-state index is 10.3.